The van der Waals surface area contributed by atoms with Gasteiger partial charge in [0.05, 0.1) is 0 Å². The molecular formula is C12H7N5OS. The Morgan fingerprint density at radius 1 is 1.26 bits per heavy atom. The number of rotatable bonds is 2. The molecule has 0 aliphatic heterocycles. The summed E-state index contributed by atoms with van der Waals surface area (Å²) in [6, 6.07) is 3.79. The van der Waals surface area contributed by atoms with Gasteiger partial charge in [-0.3, -0.25) is 4.40 Å². The Kier molecular flexibility index (Phi) is 2.18. The highest BCUT2D eigenvalue weighted by Gasteiger charge is 2.14. The lowest BCUT2D eigenvalue weighted by molar-refractivity contribution is 0.431. The third kappa shape index (κ3) is 1.71. The van der Waals surface area contributed by atoms with Crippen molar-refractivity contribution in [2.75, 3.05) is 0 Å². The zero-order valence-corrected chi connectivity index (χ0v) is 10.4. The van der Waals surface area contributed by atoms with Gasteiger partial charge in [-0.2, -0.15) is 16.3 Å². The van der Waals surface area contributed by atoms with Gasteiger partial charge in [-0.05, 0) is 17.5 Å². The van der Waals surface area contributed by atoms with Gasteiger partial charge in [0.1, 0.15) is 5.69 Å². The molecule has 7 heteroatoms. The van der Waals surface area contributed by atoms with Crippen LogP contribution in [-0.4, -0.2) is 24.5 Å². The number of imidazole rings is 1. The number of hydrogen-bond acceptors (Lipinski definition) is 6. The van der Waals surface area contributed by atoms with Crippen LogP contribution in [0.4, 0.5) is 0 Å². The molecule has 0 unspecified atom stereocenters. The molecule has 6 nitrogen and oxygen atoms in total. The summed E-state index contributed by atoms with van der Waals surface area (Å²) in [5, 5.41) is 7.90. The molecule has 0 aliphatic rings. The highest BCUT2D eigenvalue weighted by molar-refractivity contribution is 7.08. The summed E-state index contributed by atoms with van der Waals surface area (Å²) in [6.07, 6.45) is 5.37. The Balaban J connectivity index is 1.80. The number of thiophene rings is 1. The molecule has 4 aromatic heterocycles. The van der Waals surface area contributed by atoms with E-state index in [-0.39, 0.29) is 0 Å². The summed E-state index contributed by atoms with van der Waals surface area (Å²) in [5.74, 6) is 1.57. The summed E-state index contributed by atoms with van der Waals surface area (Å²) in [7, 11) is 0. The lowest BCUT2D eigenvalue weighted by Gasteiger charge is -1.85. The van der Waals surface area contributed by atoms with Crippen molar-refractivity contribution in [1.82, 2.24) is 24.5 Å². The molecule has 19 heavy (non-hydrogen) atoms. The Morgan fingerprint density at radius 2 is 2.26 bits per heavy atom. The predicted molar refractivity (Wildman–Crippen MR) is 69.6 cm³/mol. The highest BCUT2D eigenvalue weighted by Crippen LogP contribution is 2.23. The average molecular weight is 269 g/mol. The van der Waals surface area contributed by atoms with Crippen LogP contribution >= 0.6 is 11.3 Å². The van der Waals surface area contributed by atoms with Gasteiger partial charge in [0.25, 0.3) is 5.89 Å². The fourth-order valence-electron chi connectivity index (χ4n) is 1.77. The molecule has 0 bridgehead atoms. The van der Waals surface area contributed by atoms with Crippen LogP contribution in [-0.2, 0) is 0 Å². The molecule has 4 heterocycles. The Hall–Kier alpha value is -2.54. The minimum atomic E-state index is 0.395. The van der Waals surface area contributed by atoms with Crippen molar-refractivity contribution in [3.8, 4) is 23.0 Å². The van der Waals surface area contributed by atoms with E-state index in [1.165, 1.54) is 0 Å². The Bertz CT molecular complexity index is 800. The number of hydrogen-bond donors (Lipinski definition) is 0. The average Bonchev–Trinajstić information content (AvgIpc) is 3.17. The van der Waals surface area contributed by atoms with E-state index in [1.54, 1.807) is 17.5 Å². The van der Waals surface area contributed by atoms with Gasteiger partial charge in [0.15, 0.2) is 0 Å². The third-order valence-electron chi connectivity index (χ3n) is 2.66. The van der Waals surface area contributed by atoms with Crippen molar-refractivity contribution >= 4 is 17.1 Å². The van der Waals surface area contributed by atoms with Gasteiger partial charge >= 0.3 is 0 Å². The van der Waals surface area contributed by atoms with Crippen molar-refractivity contribution in [2.24, 2.45) is 0 Å². The van der Waals surface area contributed by atoms with Crippen LogP contribution in [0, 0.1) is 0 Å². The first-order chi connectivity index (χ1) is 9.40. The number of aromatic nitrogens is 5. The molecule has 0 amide bonds. The second kappa shape index (κ2) is 3.99. The molecule has 0 fully saturated rings. The minimum absolute atomic E-state index is 0.395. The first-order valence-corrected chi connectivity index (χ1v) is 6.51. The van der Waals surface area contributed by atoms with Crippen LogP contribution in [0.3, 0.4) is 0 Å². The molecule has 92 valence electrons. The summed E-state index contributed by atoms with van der Waals surface area (Å²) in [4.78, 5) is 12.8. The zero-order valence-electron chi connectivity index (χ0n) is 9.59. The van der Waals surface area contributed by atoms with Gasteiger partial charge in [-0.15, -0.1) is 0 Å². The Labute approximate surface area is 111 Å². The van der Waals surface area contributed by atoms with Gasteiger partial charge in [-0.25, -0.2) is 9.97 Å². The van der Waals surface area contributed by atoms with E-state index >= 15 is 0 Å². The maximum Gasteiger partial charge on any atom is 0.278 e. The number of nitrogens with zero attached hydrogens (tertiary/aromatic N) is 5. The van der Waals surface area contributed by atoms with Gasteiger partial charge in [-0.1, -0.05) is 5.16 Å². The van der Waals surface area contributed by atoms with E-state index < -0.39 is 0 Å². The summed E-state index contributed by atoms with van der Waals surface area (Å²) < 4.78 is 7.05. The van der Waals surface area contributed by atoms with E-state index in [1.807, 2.05) is 39.7 Å². The molecule has 0 saturated carbocycles. The molecule has 0 saturated heterocycles. The monoisotopic (exact) mass is 269 g/mol. The first kappa shape index (κ1) is 10.4. The van der Waals surface area contributed by atoms with Crippen LogP contribution in [0.5, 0.6) is 0 Å². The molecule has 0 N–H and O–H groups in total. The van der Waals surface area contributed by atoms with Crippen molar-refractivity contribution < 1.29 is 4.52 Å². The molecule has 0 radical (unpaired) electrons. The zero-order chi connectivity index (χ0) is 12.7. The number of fused-ring (bicyclic) bond motifs is 1. The lowest BCUT2D eigenvalue weighted by atomic mass is 10.3. The lowest BCUT2D eigenvalue weighted by Crippen LogP contribution is -1.83. The molecule has 0 aromatic carbocycles. The molecular weight excluding hydrogens is 262 g/mol. The molecule has 4 aromatic rings. The van der Waals surface area contributed by atoms with E-state index in [9.17, 15) is 0 Å². The normalized spacial score (nSPS) is 11.2. The van der Waals surface area contributed by atoms with Crippen LogP contribution in [0.15, 0.2) is 46.0 Å². The smallest absolute Gasteiger partial charge is 0.278 e. The van der Waals surface area contributed by atoms with E-state index in [2.05, 4.69) is 20.1 Å². The van der Waals surface area contributed by atoms with E-state index in [0.29, 0.717) is 23.2 Å². The van der Waals surface area contributed by atoms with Crippen LogP contribution in [0.25, 0.3) is 28.8 Å². The fraction of sp³-hybridized carbons (Fsp3) is 0. The highest BCUT2D eigenvalue weighted by atomic mass is 32.1. The second-order valence-electron chi connectivity index (χ2n) is 3.89. The molecule has 4 rings (SSSR count). The largest absolute Gasteiger partial charge is 0.332 e. The maximum atomic E-state index is 5.24. The van der Waals surface area contributed by atoms with Crippen molar-refractivity contribution in [3.63, 3.8) is 0 Å². The summed E-state index contributed by atoms with van der Waals surface area (Å²) in [6.45, 7) is 0. The van der Waals surface area contributed by atoms with E-state index in [0.717, 1.165) is 5.56 Å². The molecule has 0 atom stereocenters. The standard InChI is InChI=1S/C12H7N5OS/c1-3-13-12-14-9(6-17(12)4-1)11-15-10(16-18-11)8-2-5-19-7-8/h1-7H. The Morgan fingerprint density at radius 3 is 3.11 bits per heavy atom. The summed E-state index contributed by atoms with van der Waals surface area (Å²) in [5.41, 5.74) is 1.56. The summed E-state index contributed by atoms with van der Waals surface area (Å²) >= 11 is 1.59. The van der Waals surface area contributed by atoms with E-state index in [4.69, 9.17) is 4.52 Å². The van der Waals surface area contributed by atoms with Gasteiger partial charge < -0.3 is 4.52 Å². The van der Waals surface area contributed by atoms with Crippen LogP contribution in [0.1, 0.15) is 0 Å². The van der Waals surface area contributed by atoms with Crippen molar-refractivity contribution in [2.45, 2.75) is 0 Å². The predicted octanol–water partition coefficient (Wildman–Crippen LogP) is 2.51. The minimum Gasteiger partial charge on any atom is -0.332 e. The maximum absolute atomic E-state index is 5.24. The topological polar surface area (TPSA) is 69.1 Å². The van der Waals surface area contributed by atoms with Gasteiger partial charge in [0, 0.05) is 29.5 Å². The molecule has 0 aliphatic carbocycles. The quantitative estimate of drug-likeness (QED) is 0.559. The van der Waals surface area contributed by atoms with Crippen LogP contribution in [0.2, 0.25) is 0 Å². The second-order valence-corrected chi connectivity index (χ2v) is 4.67. The van der Waals surface area contributed by atoms with Gasteiger partial charge in [0.2, 0.25) is 11.6 Å². The van der Waals surface area contributed by atoms with Crippen molar-refractivity contribution in [1.29, 1.82) is 0 Å². The SMILES string of the molecule is c1cnc2nc(-c3nc(-c4ccsc4)no3)cn2c1. The first-order valence-electron chi connectivity index (χ1n) is 5.56. The van der Waals surface area contributed by atoms with Crippen molar-refractivity contribution in [3.05, 3.63) is 41.5 Å². The third-order valence-corrected chi connectivity index (χ3v) is 3.34. The molecule has 0 spiro atoms. The fourth-order valence-corrected chi connectivity index (χ4v) is 2.40. The van der Waals surface area contributed by atoms with Crippen LogP contribution < -0.4 is 0 Å².